The summed E-state index contributed by atoms with van der Waals surface area (Å²) in [7, 11) is -3.23. The molecule has 0 spiro atoms. The fraction of sp³-hybridized carbons (Fsp3) is 0.417. The van der Waals surface area contributed by atoms with Gasteiger partial charge in [-0.3, -0.25) is 0 Å². The van der Waals surface area contributed by atoms with Crippen molar-refractivity contribution in [2.45, 2.75) is 12.5 Å². The van der Waals surface area contributed by atoms with E-state index in [2.05, 4.69) is 9.71 Å². The number of nitrogens with one attached hydrogen (secondary N) is 1. The molecule has 0 aliphatic carbocycles. The van der Waals surface area contributed by atoms with E-state index in [-0.39, 0.29) is 11.6 Å². The van der Waals surface area contributed by atoms with E-state index in [1.165, 1.54) is 6.07 Å². The second kappa shape index (κ2) is 4.71. The maximum absolute atomic E-state index is 13.6. The Labute approximate surface area is 115 Å². The number of halogens is 1. The highest BCUT2D eigenvalue weighted by Crippen LogP contribution is 2.26. The van der Waals surface area contributed by atoms with Gasteiger partial charge in [0.15, 0.2) is 11.4 Å². The van der Waals surface area contributed by atoms with Gasteiger partial charge < -0.3 is 9.32 Å². The predicted molar refractivity (Wildman–Crippen MR) is 72.6 cm³/mol. The molecule has 2 aromatic rings. The number of fused-ring (bicyclic) bond motifs is 1. The highest BCUT2D eigenvalue weighted by Gasteiger charge is 2.28. The van der Waals surface area contributed by atoms with Gasteiger partial charge in [0.2, 0.25) is 10.0 Å². The minimum Gasteiger partial charge on any atom is -0.423 e. The lowest BCUT2D eigenvalue weighted by Gasteiger charge is -2.13. The summed E-state index contributed by atoms with van der Waals surface area (Å²) in [6.45, 7) is 1.07. The molecule has 0 bridgehead atoms. The van der Waals surface area contributed by atoms with Crippen molar-refractivity contribution in [3.05, 3.63) is 24.0 Å². The standard InChI is InChI=1S/C12H14FN3O3S/c1-20(17,18)15-8-5-6-16(7-8)12-14-11-9(13)3-2-4-10(11)19-12/h2-4,8,15H,5-7H2,1H3. The van der Waals surface area contributed by atoms with Crippen LogP contribution >= 0.6 is 0 Å². The highest BCUT2D eigenvalue weighted by molar-refractivity contribution is 7.88. The van der Waals surface area contributed by atoms with Crippen LogP contribution in [0.4, 0.5) is 10.4 Å². The number of nitrogens with zero attached hydrogens (tertiary/aromatic N) is 2. The van der Waals surface area contributed by atoms with Crippen LogP contribution in [0.15, 0.2) is 22.6 Å². The van der Waals surface area contributed by atoms with Crippen molar-refractivity contribution in [1.29, 1.82) is 0 Å². The Morgan fingerprint density at radius 1 is 1.50 bits per heavy atom. The van der Waals surface area contributed by atoms with E-state index in [9.17, 15) is 12.8 Å². The van der Waals surface area contributed by atoms with E-state index in [0.717, 1.165) is 6.26 Å². The van der Waals surface area contributed by atoms with Gasteiger partial charge in [-0.05, 0) is 18.6 Å². The summed E-state index contributed by atoms with van der Waals surface area (Å²) < 4.78 is 44.0. The zero-order chi connectivity index (χ0) is 14.3. The molecule has 1 saturated heterocycles. The van der Waals surface area contributed by atoms with Crippen LogP contribution < -0.4 is 9.62 Å². The third-order valence-corrected chi connectivity index (χ3v) is 3.96. The predicted octanol–water partition coefficient (Wildman–Crippen LogP) is 1.09. The van der Waals surface area contributed by atoms with E-state index in [4.69, 9.17) is 4.42 Å². The topological polar surface area (TPSA) is 75.4 Å². The molecule has 0 saturated carbocycles. The largest absolute Gasteiger partial charge is 0.423 e. The van der Waals surface area contributed by atoms with Crippen LogP contribution in [-0.4, -0.2) is 38.8 Å². The Bertz CT molecular complexity index is 743. The van der Waals surface area contributed by atoms with Crippen molar-refractivity contribution in [2.75, 3.05) is 24.2 Å². The third kappa shape index (κ3) is 2.61. The molecule has 108 valence electrons. The van der Waals surface area contributed by atoms with E-state index in [1.54, 1.807) is 12.1 Å². The number of benzene rings is 1. The van der Waals surface area contributed by atoms with Crippen molar-refractivity contribution in [3.8, 4) is 0 Å². The number of hydrogen-bond acceptors (Lipinski definition) is 5. The minimum atomic E-state index is -3.23. The SMILES string of the molecule is CS(=O)(=O)NC1CCN(c2nc3c(F)cccc3o2)C1. The molecule has 1 aliphatic rings. The average Bonchev–Trinajstić information content (AvgIpc) is 2.93. The van der Waals surface area contributed by atoms with Crippen LogP contribution in [0.25, 0.3) is 11.1 Å². The Morgan fingerprint density at radius 3 is 3.00 bits per heavy atom. The molecular weight excluding hydrogens is 285 g/mol. The number of para-hydroxylation sites is 1. The summed E-state index contributed by atoms with van der Waals surface area (Å²) in [5.74, 6) is -0.428. The number of sulfonamides is 1. The fourth-order valence-electron chi connectivity index (χ4n) is 2.37. The second-order valence-electron chi connectivity index (χ2n) is 4.90. The molecule has 1 atom stereocenters. The highest BCUT2D eigenvalue weighted by atomic mass is 32.2. The zero-order valence-corrected chi connectivity index (χ0v) is 11.7. The quantitative estimate of drug-likeness (QED) is 0.918. The summed E-state index contributed by atoms with van der Waals surface area (Å²) in [4.78, 5) is 5.94. The fourth-order valence-corrected chi connectivity index (χ4v) is 3.17. The number of rotatable bonds is 3. The van der Waals surface area contributed by atoms with Crippen molar-refractivity contribution in [2.24, 2.45) is 0 Å². The molecular formula is C12H14FN3O3S. The van der Waals surface area contributed by atoms with Crippen molar-refractivity contribution >= 4 is 27.1 Å². The number of aromatic nitrogens is 1. The first-order valence-electron chi connectivity index (χ1n) is 6.20. The molecule has 6 nitrogen and oxygen atoms in total. The molecule has 2 heterocycles. The van der Waals surface area contributed by atoms with Gasteiger partial charge in [0, 0.05) is 19.1 Å². The molecule has 1 aromatic heterocycles. The number of oxazole rings is 1. The van der Waals surface area contributed by atoms with Crippen LogP contribution in [0.1, 0.15) is 6.42 Å². The van der Waals surface area contributed by atoms with Gasteiger partial charge in [-0.1, -0.05) is 6.07 Å². The summed E-state index contributed by atoms with van der Waals surface area (Å²) in [6, 6.07) is 4.68. The molecule has 1 aliphatic heterocycles. The average molecular weight is 299 g/mol. The van der Waals surface area contributed by atoms with Gasteiger partial charge in [-0.25, -0.2) is 17.5 Å². The molecule has 20 heavy (non-hydrogen) atoms. The normalized spacial score (nSPS) is 19.9. The first-order valence-corrected chi connectivity index (χ1v) is 8.09. The summed E-state index contributed by atoms with van der Waals surface area (Å²) >= 11 is 0. The van der Waals surface area contributed by atoms with Crippen LogP contribution in [0.5, 0.6) is 0 Å². The maximum Gasteiger partial charge on any atom is 0.298 e. The summed E-state index contributed by atoms with van der Waals surface area (Å²) in [5.41, 5.74) is 0.585. The summed E-state index contributed by atoms with van der Waals surface area (Å²) in [6.07, 6.45) is 1.79. The molecule has 1 aromatic carbocycles. The molecule has 1 fully saturated rings. The Morgan fingerprint density at radius 2 is 2.30 bits per heavy atom. The van der Waals surface area contributed by atoms with Gasteiger partial charge >= 0.3 is 0 Å². The van der Waals surface area contributed by atoms with Gasteiger partial charge in [-0.2, -0.15) is 4.98 Å². The first-order chi connectivity index (χ1) is 9.42. The first kappa shape index (κ1) is 13.3. The molecule has 0 radical (unpaired) electrons. The third-order valence-electron chi connectivity index (χ3n) is 3.20. The van der Waals surface area contributed by atoms with Gasteiger partial charge in [0.05, 0.1) is 6.26 Å². The van der Waals surface area contributed by atoms with E-state index in [1.807, 2.05) is 4.90 Å². The van der Waals surface area contributed by atoms with Crippen LogP contribution in [0, 0.1) is 5.82 Å². The van der Waals surface area contributed by atoms with Crippen molar-refractivity contribution in [1.82, 2.24) is 9.71 Å². The number of anilines is 1. The lowest BCUT2D eigenvalue weighted by atomic mass is 10.3. The van der Waals surface area contributed by atoms with Crippen LogP contribution in [0.3, 0.4) is 0 Å². The van der Waals surface area contributed by atoms with Gasteiger partial charge in [-0.15, -0.1) is 0 Å². The zero-order valence-electron chi connectivity index (χ0n) is 10.8. The van der Waals surface area contributed by atoms with E-state index >= 15 is 0 Å². The molecule has 3 rings (SSSR count). The lowest BCUT2D eigenvalue weighted by Crippen LogP contribution is -2.36. The van der Waals surface area contributed by atoms with Gasteiger partial charge in [0.1, 0.15) is 5.52 Å². The summed E-state index contributed by atoms with van der Waals surface area (Å²) in [5, 5.41) is 0. The Kier molecular flexibility index (Phi) is 3.14. The monoisotopic (exact) mass is 299 g/mol. The van der Waals surface area contributed by atoms with E-state index in [0.29, 0.717) is 31.1 Å². The van der Waals surface area contributed by atoms with E-state index < -0.39 is 15.8 Å². The molecule has 1 unspecified atom stereocenters. The Hall–Kier alpha value is -1.67. The number of hydrogen-bond donors (Lipinski definition) is 1. The molecule has 1 N–H and O–H groups in total. The van der Waals surface area contributed by atoms with Crippen LogP contribution in [-0.2, 0) is 10.0 Å². The Balaban J connectivity index is 1.81. The van der Waals surface area contributed by atoms with Crippen molar-refractivity contribution < 1.29 is 17.2 Å². The molecule has 8 heteroatoms. The lowest BCUT2D eigenvalue weighted by molar-refractivity contribution is 0.561. The van der Waals surface area contributed by atoms with Gasteiger partial charge in [0.25, 0.3) is 6.01 Å². The van der Waals surface area contributed by atoms with Crippen molar-refractivity contribution in [3.63, 3.8) is 0 Å². The maximum atomic E-state index is 13.6. The van der Waals surface area contributed by atoms with Crippen LogP contribution in [0.2, 0.25) is 0 Å². The smallest absolute Gasteiger partial charge is 0.298 e. The molecule has 0 amide bonds. The minimum absolute atomic E-state index is 0.176. The second-order valence-corrected chi connectivity index (χ2v) is 6.68.